The Hall–Kier alpha value is -2.47. The van der Waals surface area contributed by atoms with Gasteiger partial charge in [0, 0.05) is 18.0 Å². The topological polar surface area (TPSA) is 30.8 Å². The summed E-state index contributed by atoms with van der Waals surface area (Å²) in [5.74, 6) is 1.79. The molecule has 4 rings (SSSR count). The van der Waals surface area contributed by atoms with Crippen molar-refractivity contribution in [2.24, 2.45) is 4.99 Å². The summed E-state index contributed by atoms with van der Waals surface area (Å²) in [6, 6.07) is 9.09. The summed E-state index contributed by atoms with van der Waals surface area (Å²) in [5, 5.41) is 0. The zero-order valence-corrected chi connectivity index (χ0v) is 16.6. The van der Waals surface area contributed by atoms with Gasteiger partial charge in [-0.05, 0) is 47.9 Å². The quantitative estimate of drug-likeness (QED) is 0.581. The minimum atomic E-state index is -4.33. The second-order valence-electron chi connectivity index (χ2n) is 6.96. The molecular formula is C22H21ClF3NO2. The lowest BCUT2D eigenvalue weighted by Crippen LogP contribution is -2.16. The number of halogens is 4. The van der Waals surface area contributed by atoms with Crippen LogP contribution in [0.4, 0.5) is 13.2 Å². The number of allylic oxidation sites excluding steroid dienone is 1. The highest BCUT2D eigenvalue weighted by Gasteiger charge is 2.30. The smallest absolute Gasteiger partial charge is 0.416 e. The number of hydrogen-bond donors (Lipinski definition) is 0. The lowest BCUT2D eigenvalue weighted by atomic mass is 9.86. The van der Waals surface area contributed by atoms with Gasteiger partial charge in [0.05, 0.1) is 11.3 Å². The summed E-state index contributed by atoms with van der Waals surface area (Å²) >= 11 is 0. The summed E-state index contributed by atoms with van der Waals surface area (Å²) in [7, 11) is 0. The van der Waals surface area contributed by atoms with Gasteiger partial charge in [0.25, 0.3) is 0 Å². The minimum Gasteiger partial charge on any atom is -0.454 e. The molecule has 0 aliphatic carbocycles. The zero-order valence-electron chi connectivity index (χ0n) is 15.8. The number of hydrogen-bond acceptors (Lipinski definition) is 3. The van der Waals surface area contributed by atoms with Crippen molar-refractivity contribution < 1.29 is 22.6 Å². The third kappa shape index (κ3) is 4.42. The standard InChI is InChI=1S/C22H20F3NO2.ClH/c1-2-3-15-12-26-19(18-11-21-20(10-17(15)18)27-13-28-21)9-6-14-4-7-16(8-5-14)22(23,24)25;/h4-11,15H,2-3,12-13H2,1H3;1H. The van der Waals surface area contributed by atoms with E-state index in [0.717, 1.165) is 42.0 Å². The van der Waals surface area contributed by atoms with Gasteiger partial charge in [-0.1, -0.05) is 31.6 Å². The highest BCUT2D eigenvalue weighted by Crippen LogP contribution is 2.40. The highest BCUT2D eigenvalue weighted by molar-refractivity contribution is 6.12. The molecule has 0 radical (unpaired) electrons. The van der Waals surface area contributed by atoms with Gasteiger partial charge in [-0.15, -0.1) is 12.4 Å². The predicted molar refractivity (Wildman–Crippen MR) is 109 cm³/mol. The van der Waals surface area contributed by atoms with E-state index in [1.807, 2.05) is 18.2 Å². The molecule has 0 spiro atoms. The van der Waals surface area contributed by atoms with Crippen LogP contribution in [0.3, 0.4) is 0 Å². The molecule has 1 unspecified atom stereocenters. The molecule has 0 aromatic heterocycles. The number of aliphatic imine (C=N–C) groups is 1. The van der Waals surface area contributed by atoms with Gasteiger partial charge in [-0.3, -0.25) is 4.99 Å². The van der Waals surface area contributed by atoms with E-state index in [4.69, 9.17) is 14.5 Å². The molecule has 2 heterocycles. The van der Waals surface area contributed by atoms with Crippen molar-refractivity contribution in [1.82, 2.24) is 0 Å². The van der Waals surface area contributed by atoms with Crippen molar-refractivity contribution in [3.63, 3.8) is 0 Å². The first kappa shape index (κ1) is 21.2. The Morgan fingerprint density at radius 3 is 2.41 bits per heavy atom. The molecule has 2 aliphatic heterocycles. The van der Waals surface area contributed by atoms with Gasteiger partial charge < -0.3 is 9.47 Å². The molecule has 0 amide bonds. The molecule has 2 aromatic carbocycles. The van der Waals surface area contributed by atoms with Crippen molar-refractivity contribution >= 4 is 24.2 Å². The lowest BCUT2D eigenvalue weighted by molar-refractivity contribution is -0.137. The van der Waals surface area contributed by atoms with E-state index in [9.17, 15) is 13.2 Å². The average Bonchev–Trinajstić information content (AvgIpc) is 3.13. The molecule has 0 fully saturated rings. The molecule has 7 heteroatoms. The molecule has 2 aliphatic rings. The van der Waals surface area contributed by atoms with Gasteiger partial charge in [-0.25, -0.2) is 0 Å². The summed E-state index contributed by atoms with van der Waals surface area (Å²) in [6.07, 6.45) is 1.40. The number of ether oxygens (including phenoxy) is 2. The maximum atomic E-state index is 12.7. The number of fused-ring (bicyclic) bond motifs is 2. The first-order chi connectivity index (χ1) is 13.5. The fraction of sp³-hybridized carbons (Fsp3) is 0.318. The van der Waals surface area contributed by atoms with Crippen LogP contribution in [0.5, 0.6) is 11.5 Å². The van der Waals surface area contributed by atoms with E-state index < -0.39 is 11.7 Å². The average molecular weight is 424 g/mol. The molecule has 0 bridgehead atoms. The summed E-state index contributed by atoms with van der Waals surface area (Å²) < 4.78 is 49.2. The third-order valence-corrected chi connectivity index (χ3v) is 5.05. The summed E-state index contributed by atoms with van der Waals surface area (Å²) in [6.45, 7) is 3.05. The van der Waals surface area contributed by atoms with Crippen LogP contribution in [0, 0.1) is 0 Å². The third-order valence-electron chi connectivity index (χ3n) is 5.05. The number of rotatable bonds is 4. The van der Waals surface area contributed by atoms with E-state index in [1.165, 1.54) is 17.7 Å². The summed E-state index contributed by atoms with van der Waals surface area (Å²) in [4.78, 5) is 4.72. The van der Waals surface area contributed by atoms with Crippen LogP contribution < -0.4 is 9.47 Å². The van der Waals surface area contributed by atoms with Crippen LogP contribution in [-0.2, 0) is 6.18 Å². The Kier molecular flexibility index (Phi) is 6.22. The fourth-order valence-corrected chi connectivity index (χ4v) is 3.61. The van der Waals surface area contributed by atoms with Crippen LogP contribution in [0.15, 0.2) is 47.5 Å². The van der Waals surface area contributed by atoms with E-state index in [-0.39, 0.29) is 19.2 Å². The molecule has 2 aromatic rings. The zero-order chi connectivity index (χ0) is 19.7. The SMILES string of the molecule is CCCC1CN=C(C=Cc2ccc(C(F)(F)F)cc2)c2cc3c(cc21)OCO3.Cl. The van der Waals surface area contributed by atoms with Crippen molar-refractivity contribution in [2.45, 2.75) is 31.9 Å². The van der Waals surface area contributed by atoms with E-state index in [0.29, 0.717) is 23.8 Å². The monoisotopic (exact) mass is 423 g/mol. The Morgan fingerprint density at radius 1 is 1.07 bits per heavy atom. The van der Waals surface area contributed by atoms with Crippen LogP contribution >= 0.6 is 12.4 Å². The molecule has 0 N–H and O–H groups in total. The first-order valence-corrected chi connectivity index (χ1v) is 9.29. The van der Waals surface area contributed by atoms with Crippen molar-refractivity contribution in [3.8, 4) is 11.5 Å². The molecule has 0 saturated carbocycles. The first-order valence-electron chi connectivity index (χ1n) is 9.29. The number of benzene rings is 2. The molecule has 29 heavy (non-hydrogen) atoms. The Balaban J connectivity index is 0.00000240. The van der Waals surface area contributed by atoms with Crippen LogP contribution in [0.1, 0.15) is 47.9 Å². The van der Waals surface area contributed by atoms with Gasteiger partial charge in [0.1, 0.15) is 0 Å². The molecular weight excluding hydrogens is 403 g/mol. The largest absolute Gasteiger partial charge is 0.454 e. The van der Waals surface area contributed by atoms with Crippen molar-refractivity contribution in [1.29, 1.82) is 0 Å². The van der Waals surface area contributed by atoms with E-state index in [1.54, 1.807) is 6.08 Å². The van der Waals surface area contributed by atoms with E-state index in [2.05, 4.69) is 6.92 Å². The highest BCUT2D eigenvalue weighted by atomic mass is 35.5. The second kappa shape index (κ2) is 8.49. The lowest BCUT2D eigenvalue weighted by Gasteiger charge is -2.24. The number of alkyl halides is 3. The second-order valence-corrected chi connectivity index (χ2v) is 6.96. The van der Waals surface area contributed by atoms with Gasteiger partial charge in [0.15, 0.2) is 11.5 Å². The van der Waals surface area contributed by atoms with Gasteiger partial charge in [-0.2, -0.15) is 13.2 Å². The van der Waals surface area contributed by atoms with Crippen LogP contribution in [-0.4, -0.2) is 19.0 Å². The fourth-order valence-electron chi connectivity index (χ4n) is 3.61. The molecule has 0 saturated heterocycles. The number of nitrogens with zero attached hydrogens (tertiary/aromatic N) is 1. The van der Waals surface area contributed by atoms with Crippen LogP contribution in [0.2, 0.25) is 0 Å². The molecule has 154 valence electrons. The predicted octanol–water partition coefficient (Wildman–Crippen LogP) is 6.26. The maximum absolute atomic E-state index is 12.7. The Bertz CT molecular complexity index is 936. The van der Waals surface area contributed by atoms with E-state index >= 15 is 0 Å². The van der Waals surface area contributed by atoms with Gasteiger partial charge in [0.2, 0.25) is 6.79 Å². The summed E-state index contributed by atoms with van der Waals surface area (Å²) in [5.41, 5.74) is 3.03. The normalized spacial score (nSPS) is 17.7. The van der Waals surface area contributed by atoms with Crippen molar-refractivity contribution in [3.05, 3.63) is 64.7 Å². The van der Waals surface area contributed by atoms with Crippen LogP contribution in [0.25, 0.3) is 6.08 Å². The Labute approximate surface area is 173 Å². The van der Waals surface area contributed by atoms with Crippen molar-refractivity contribution in [2.75, 3.05) is 13.3 Å². The minimum absolute atomic E-state index is 0. The Morgan fingerprint density at radius 2 is 1.76 bits per heavy atom. The van der Waals surface area contributed by atoms with Gasteiger partial charge >= 0.3 is 6.18 Å². The molecule has 3 nitrogen and oxygen atoms in total. The maximum Gasteiger partial charge on any atom is 0.416 e. The molecule has 1 atom stereocenters.